The number of rotatable bonds is 6. The third-order valence-electron chi connectivity index (χ3n) is 3.66. The second-order valence-corrected chi connectivity index (χ2v) is 5.52. The smallest absolute Gasteiger partial charge is 0.253 e. The summed E-state index contributed by atoms with van der Waals surface area (Å²) in [5.41, 5.74) is 1.82. The molecular formula is C20H18N2O3. The molecule has 1 heterocycles. The molecule has 3 aromatic rings. The lowest BCUT2D eigenvalue weighted by Gasteiger charge is -2.11. The first-order valence-corrected chi connectivity index (χ1v) is 7.96. The van der Waals surface area contributed by atoms with E-state index in [2.05, 4.69) is 10.6 Å². The van der Waals surface area contributed by atoms with Crippen LogP contribution in [0.3, 0.4) is 0 Å². The number of carbonyl (C=O) groups is 2. The maximum Gasteiger partial charge on any atom is 0.253 e. The van der Waals surface area contributed by atoms with E-state index in [0.29, 0.717) is 17.0 Å². The molecule has 5 heteroatoms. The number of furan rings is 1. The van der Waals surface area contributed by atoms with Crippen LogP contribution >= 0.6 is 0 Å². The molecule has 0 spiro atoms. The Labute approximate surface area is 145 Å². The first-order valence-electron chi connectivity index (χ1n) is 7.96. The van der Waals surface area contributed by atoms with Gasteiger partial charge in [0.25, 0.3) is 5.91 Å². The van der Waals surface area contributed by atoms with Crippen molar-refractivity contribution in [2.45, 2.75) is 13.0 Å². The van der Waals surface area contributed by atoms with Crippen molar-refractivity contribution in [2.75, 3.05) is 5.32 Å². The number of amides is 2. The third kappa shape index (κ3) is 4.57. The van der Waals surface area contributed by atoms with Gasteiger partial charge in [-0.3, -0.25) is 9.59 Å². The molecule has 0 fully saturated rings. The highest BCUT2D eigenvalue weighted by Crippen LogP contribution is 2.16. The van der Waals surface area contributed by atoms with Gasteiger partial charge in [-0.25, -0.2) is 0 Å². The van der Waals surface area contributed by atoms with Crippen LogP contribution in [0.25, 0.3) is 0 Å². The van der Waals surface area contributed by atoms with Gasteiger partial charge in [-0.05, 0) is 29.8 Å². The summed E-state index contributed by atoms with van der Waals surface area (Å²) in [6, 6.07) is 19.9. The van der Waals surface area contributed by atoms with Gasteiger partial charge in [0, 0.05) is 0 Å². The van der Waals surface area contributed by atoms with E-state index in [1.807, 2.05) is 30.3 Å². The molecule has 2 amide bonds. The summed E-state index contributed by atoms with van der Waals surface area (Å²) < 4.78 is 5.20. The molecule has 2 aromatic carbocycles. The van der Waals surface area contributed by atoms with Gasteiger partial charge in [-0.1, -0.05) is 42.5 Å². The van der Waals surface area contributed by atoms with Crippen LogP contribution < -0.4 is 10.6 Å². The Kier molecular flexibility index (Phi) is 5.26. The summed E-state index contributed by atoms with van der Waals surface area (Å²) in [7, 11) is 0. The SMILES string of the molecule is O=C(Cc1ccccc1)Nc1ccccc1C(=O)NCc1ccco1. The number of carbonyl (C=O) groups excluding carboxylic acids is 2. The molecule has 0 saturated carbocycles. The second kappa shape index (κ2) is 7.97. The summed E-state index contributed by atoms with van der Waals surface area (Å²) in [6.07, 6.45) is 1.81. The van der Waals surface area contributed by atoms with E-state index in [-0.39, 0.29) is 24.8 Å². The number of hydrogen-bond acceptors (Lipinski definition) is 3. The Morgan fingerprint density at radius 1 is 0.880 bits per heavy atom. The van der Waals surface area contributed by atoms with E-state index in [9.17, 15) is 9.59 Å². The highest BCUT2D eigenvalue weighted by Gasteiger charge is 2.13. The van der Waals surface area contributed by atoms with Gasteiger partial charge in [-0.15, -0.1) is 0 Å². The Balaban J connectivity index is 1.65. The number of nitrogens with one attached hydrogen (secondary N) is 2. The Morgan fingerprint density at radius 2 is 1.64 bits per heavy atom. The fourth-order valence-electron chi connectivity index (χ4n) is 2.44. The van der Waals surface area contributed by atoms with Crippen molar-refractivity contribution >= 4 is 17.5 Å². The maximum absolute atomic E-state index is 12.4. The number of anilines is 1. The van der Waals surface area contributed by atoms with Gasteiger partial charge in [-0.2, -0.15) is 0 Å². The van der Waals surface area contributed by atoms with Crippen molar-refractivity contribution in [2.24, 2.45) is 0 Å². The zero-order chi connectivity index (χ0) is 17.5. The summed E-state index contributed by atoms with van der Waals surface area (Å²) in [5.74, 6) is 0.225. The lowest BCUT2D eigenvalue weighted by Crippen LogP contribution is -2.25. The highest BCUT2D eigenvalue weighted by atomic mass is 16.3. The highest BCUT2D eigenvalue weighted by molar-refractivity contribution is 6.04. The zero-order valence-electron chi connectivity index (χ0n) is 13.6. The number of benzene rings is 2. The van der Waals surface area contributed by atoms with Gasteiger partial charge in [0.1, 0.15) is 5.76 Å². The summed E-state index contributed by atoms with van der Waals surface area (Å²) >= 11 is 0. The predicted octanol–water partition coefficient (Wildman–Crippen LogP) is 3.39. The van der Waals surface area contributed by atoms with Crippen LogP contribution in [0.15, 0.2) is 77.4 Å². The standard InChI is InChI=1S/C20H18N2O3/c23-19(13-15-7-2-1-3-8-15)22-18-11-5-4-10-17(18)20(24)21-14-16-9-6-12-25-16/h1-12H,13-14H2,(H,21,24)(H,22,23). The van der Waals surface area contributed by atoms with Crippen LogP contribution in [0.2, 0.25) is 0 Å². The molecular weight excluding hydrogens is 316 g/mol. The molecule has 25 heavy (non-hydrogen) atoms. The molecule has 5 nitrogen and oxygen atoms in total. The monoisotopic (exact) mass is 334 g/mol. The molecule has 3 rings (SSSR count). The van der Waals surface area contributed by atoms with E-state index in [4.69, 9.17) is 4.42 Å². The van der Waals surface area contributed by atoms with E-state index in [0.717, 1.165) is 5.56 Å². The van der Waals surface area contributed by atoms with Crippen LogP contribution in [0, 0.1) is 0 Å². The topological polar surface area (TPSA) is 71.3 Å². The quantitative estimate of drug-likeness (QED) is 0.726. The second-order valence-electron chi connectivity index (χ2n) is 5.52. The molecule has 126 valence electrons. The fourth-order valence-corrected chi connectivity index (χ4v) is 2.44. The Bertz CT molecular complexity index is 842. The maximum atomic E-state index is 12.4. The summed E-state index contributed by atoms with van der Waals surface area (Å²) in [4.78, 5) is 24.6. The fraction of sp³-hybridized carbons (Fsp3) is 0.100. The first-order chi connectivity index (χ1) is 12.2. The normalized spacial score (nSPS) is 10.2. The van der Waals surface area contributed by atoms with E-state index < -0.39 is 0 Å². The predicted molar refractivity (Wildman–Crippen MR) is 95.1 cm³/mol. The number of para-hydroxylation sites is 1. The lowest BCUT2D eigenvalue weighted by atomic mass is 10.1. The Morgan fingerprint density at radius 3 is 2.40 bits per heavy atom. The molecule has 0 unspecified atom stereocenters. The third-order valence-corrected chi connectivity index (χ3v) is 3.66. The summed E-state index contributed by atoms with van der Waals surface area (Å²) in [5, 5.41) is 5.59. The minimum atomic E-state index is -0.271. The van der Waals surface area contributed by atoms with Crippen molar-refractivity contribution in [3.63, 3.8) is 0 Å². The zero-order valence-corrected chi connectivity index (χ0v) is 13.6. The van der Waals surface area contributed by atoms with Crippen LogP contribution in [0.5, 0.6) is 0 Å². The molecule has 0 atom stereocenters. The minimum absolute atomic E-state index is 0.169. The van der Waals surface area contributed by atoms with Gasteiger partial charge in [0.05, 0.1) is 30.5 Å². The summed E-state index contributed by atoms with van der Waals surface area (Å²) in [6.45, 7) is 0.290. The molecule has 0 radical (unpaired) electrons. The van der Waals surface area contributed by atoms with Crippen molar-refractivity contribution in [1.82, 2.24) is 5.32 Å². The van der Waals surface area contributed by atoms with Crippen LogP contribution in [-0.2, 0) is 17.8 Å². The first kappa shape index (κ1) is 16.5. The lowest BCUT2D eigenvalue weighted by molar-refractivity contribution is -0.115. The molecule has 2 N–H and O–H groups in total. The molecule has 0 saturated heterocycles. The van der Waals surface area contributed by atoms with E-state index in [1.165, 1.54) is 0 Å². The van der Waals surface area contributed by atoms with Crippen molar-refractivity contribution in [3.05, 3.63) is 89.9 Å². The molecule has 0 bridgehead atoms. The average Bonchev–Trinajstić information content (AvgIpc) is 3.14. The van der Waals surface area contributed by atoms with Gasteiger partial charge < -0.3 is 15.1 Å². The largest absolute Gasteiger partial charge is 0.467 e. The van der Waals surface area contributed by atoms with Crippen molar-refractivity contribution < 1.29 is 14.0 Å². The van der Waals surface area contributed by atoms with Crippen LogP contribution in [-0.4, -0.2) is 11.8 Å². The minimum Gasteiger partial charge on any atom is -0.467 e. The Hall–Kier alpha value is -3.34. The molecule has 0 aliphatic carbocycles. The van der Waals surface area contributed by atoms with Gasteiger partial charge >= 0.3 is 0 Å². The van der Waals surface area contributed by atoms with Crippen LogP contribution in [0.4, 0.5) is 5.69 Å². The van der Waals surface area contributed by atoms with Crippen molar-refractivity contribution in [3.8, 4) is 0 Å². The molecule has 0 aliphatic heterocycles. The van der Waals surface area contributed by atoms with Crippen molar-refractivity contribution in [1.29, 1.82) is 0 Å². The van der Waals surface area contributed by atoms with Gasteiger partial charge in [0.15, 0.2) is 0 Å². The van der Waals surface area contributed by atoms with E-state index >= 15 is 0 Å². The average molecular weight is 334 g/mol. The number of hydrogen-bond donors (Lipinski definition) is 2. The molecule has 0 aliphatic rings. The van der Waals surface area contributed by atoms with Crippen LogP contribution in [0.1, 0.15) is 21.7 Å². The van der Waals surface area contributed by atoms with Gasteiger partial charge in [0.2, 0.25) is 5.91 Å². The van der Waals surface area contributed by atoms with E-state index in [1.54, 1.807) is 42.7 Å². The molecule has 1 aromatic heterocycles.